The van der Waals surface area contributed by atoms with Gasteiger partial charge in [-0.2, -0.15) is 4.31 Å². The highest BCUT2D eigenvalue weighted by Crippen LogP contribution is 2.41. The Morgan fingerprint density at radius 3 is 2.55 bits per heavy atom. The van der Waals surface area contributed by atoms with Crippen LogP contribution >= 0.6 is 0 Å². The molecule has 1 atom stereocenters. The molecule has 2 aliphatic heterocycles. The Morgan fingerprint density at radius 2 is 1.83 bits per heavy atom. The Labute approximate surface area is 169 Å². The van der Waals surface area contributed by atoms with E-state index >= 15 is 0 Å². The number of rotatable bonds is 4. The Morgan fingerprint density at radius 1 is 1.10 bits per heavy atom. The van der Waals surface area contributed by atoms with Crippen LogP contribution in [-0.4, -0.2) is 37.4 Å². The minimum Gasteiger partial charge on any atom is -0.486 e. The fraction of sp³-hybridized carbons (Fsp3) is 0.400. The number of non-ortho nitro benzene ring substituents is 1. The lowest BCUT2D eigenvalue weighted by Gasteiger charge is -2.27. The van der Waals surface area contributed by atoms with E-state index in [1.54, 1.807) is 19.9 Å². The molecule has 0 bridgehead atoms. The molecule has 2 heterocycles. The van der Waals surface area contributed by atoms with Crippen molar-refractivity contribution in [3.8, 4) is 11.5 Å². The molecule has 29 heavy (non-hydrogen) atoms. The third kappa shape index (κ3) is 3.44. The monoisotopic (exact) mass is 418 g/mol. The molecule has 2 aliphatic rings. The molecule has 154 valence electrons. The van der Waals surface area contributed by atoms with Crippen LogP contribution in [0.25, 0.3) is 0 Å². The fourth-order valence-corrected chi connectivity index (χ4v) is 5.94. The first-order valence-corrected chi connectivity index (χ1v) is 10.9. The van der Waals surface area contributed by atoms with Crippen molar-refractivity contribution in [1.29, 1.82) is 0 Å². The van der Waals surface area contributed by atoms with Crippen LogP contribution in [0.4, 0.5) is 5.69 Å². The zero-order valence-electron chi connectivity index (χ0n) is 16.3. The molecular weight excluding hydrogens is 396 g/mol. The number of nitro groups is 1. The first-order chi connectivity index (χ1) is 13.8. The Balaban J connectivity index is 1.75. The number of benzene rings is 2. The second-order valence-corrected chi connectivity index (χ2v) is 9.18. The quantitative estimate of drug-likeness (QED) is 0.557. The lowest BCUT2D eigenvalue weighted by Crippen LogP contribution is -2.31. The van der Waals surface area contributed by atoms with E-state index in [0.717, 1.165) is 11.6 Å². The number of nitrogens with zero attached hydrogens (tertiary/aromatic N) is 2. The summed E-state index contributed by atoms with van der Waals surface area (Å²) in [5, 5.41) is 11.3. The van der Waals surface area contributed by atoms with E-state index < -0.39 is 14.9 Å². The van der Waals surface area contributed by atoms with Crippen LogP contribution in [0.3, 0.4) is 0 Å². The topological polar surface area (TPSA) is 99.0 Å². The van der Waals surface area contributed by atoms with Crippen molar-refractivity contribution in [2.75, 3.05) is 19.8 Å². The minimum absolute atomic E-state index is 0.00589. The van der Waals surface area contributed by atoms with Gasteiger partial charge in [0.25, 0.3) is 5.69 Å². The number of ether oxygens (including phenoxy) is 2. The Hall–Kier alpha value is -2.65. The maximum atomic E-state index is 13.5. The van der Waals surface area contributed by atoms with Crippen LogP contribution in [0.2, 0.25) is 0 Å². The average Bonchev–Trinajstić information content (AvgIpc) is 3.20. The van der Waals surface area contributed by atoms with Crippen molar-refractivity contribution in [1.82, 2.24) is 4.31 Å². The molecule has 2 aromatic carbocycles. The van der Waals surface area contributed by atoms with Gasteiger partial charge in [-0.25, -0.2) is 8.42 Å². The number of hydrogen-bond acceptors (Lipinski definition) is 6. The van der Waals surface area contributed by atoms with Crippen LogP contribution in [0, 0.1) is 24.0 Å². The zero-order valence-corrected chi connectivity index (χ0v) is 17.1. The van der Waals surface area contributed by atoms with Crippen molar-refractivity contribution in [3.05, 3.63) is 57.1 Å². The molecule has 1 saturated heterocycles. The molecule has 1 fully saturated rings. The van der Waals surface area contributed by atoms with E-state index in [4.69, 9.17) is 9.47 Å². The van der Waals surface area contributed by atoms with Gasteiger partial charge in [0.1, 0.15) is 13.2 Å². The molecule has 0 saturated carbocycles. The lowest BCUT2D eigenvalue weighted by molar-refractivity contribution is -0.385. The molecule has 2 aromatic rings. The fourth-order valence-electron chi connectivity index (χ4n) is 3.94. The summed E-state index contributed by atoms with van der Waals surface area (Å²) in [5.41, 5.74) is 1.72. The highest BCUT2D eigenvalue weighted by Gasteiger charge is 2.38. The Kier molecular flexibility index (Phi) is 4.95. The van der Waals surface area contributed by atoms with E-state index in [2.05, 4.69) is 0 Å². The number of hydrogen-bond donors (Lipinski definition) is 0. The van der Waals surface area contributed by atoms with Gasteiger partial charge in [-0.3, -0.25) is 10.1 Å². The van der Waals surface area contributed by atoms with Crippen LogP contribution < -0.4 is 9.47 Å². The van der Waals surface area contributed by atoms with Crippen LogP contribution in [0.5, 0.6) is 11.5 Å². The predicted octanol–water partition coefficient (Wildman–Crippen LogP) is 3.51. The molecule has 0 aliphatic carbocycles. The summed E-state index contributed by atoms with van der Waals surface area (Å²) >= 11 is 0. The van der Waals surface area contributed by atoms with E-state index in [1.807, 2.05) is 12.1 Å². The Bertz CT molecular complexity index is 1080. The third-order valence-corrected chi connectivity index (χ3v) is 7.59. The zero-order chi connectivity index (χ0) is 20.8. The average molecular weight is 418 g/mol. The van der Waals surface area contributed by atoms with Gasteiger partial charge in [0, 0.05) is 18.7 Å². The maximum absolute atomic E-state index is 13.5. The van der Waals surface area contributed by atoms with Gasteiger partial charge < -0.3 is 9.47 Å². The van der Waals surface area contributed by atoms with Crippen LogP contribution in [0.1, 0.15) is 35.6 Å². The number of aryl methyl sites for hydroxylation is 1. The van der Waals surface area contributed by atoms with Crippen LogP contribution in [0.15, 0.2) is 35.2 Å². The van der Waals surface area contributed by atoms with Gasteiger partial charge in [-0.05, 0) is 55.5 Å². The van der Waals surface area contributed by atoms with Crippen molar-refractivity contribution in [2.45, 2.75) is 37.6 Å². The lowest BCUT2D eigenvalue weighted by atomic mass is 10.0. The highest BCUT2D eigenvalue weighted by atomic mass is 32.2. The summed E-state index contributed by atoms with van der Waals surface area (Å²) in [6, 6.07) is 7.70. The molecule has 9 heteroatoms. The van der Waals surface area contributed by atoms with E-state index in [1.165, 1.54) is 10.4 Å². The van der Waals surface area contributed by atoms with E-state index in [9.17, 15) is 18.5 Å². The summed E-state index contributed by atoms with van der Waals surface area (Å²) in [6.45, 7) is 4.67. The summed E-state index contributed by atoms with van der Waals surface area (Å²) in [4.78, 5) is 10.7. The first-order valence-electron chi connectivity index (χ1n) is 9.46. The van der Waals surface area contributed by atoms with E-state index in [-0.39, 0.29) is 16.6 Å². The van der Waals surface area contributed by atoms with Crippen LogP contribution in [-0.2, 0) is 10.0 Å². The summed E-state index contributed by atoms with van der Waals surface area (Å²) < 4.78 is 39.6. The van der Waals surface area contributed by atoms with Crippen molar-refractivity contribution >= 4 is 15.7 Å². The van der Waals surface area contributed by atoms with Gasteiger partial charge in [-0.1, -0.05) is 6.07 Å². The third-order valence-electron chi connectivity index (χ3n) is 5.56. The highest BCUT2D eigenvalue weighted by molar-refractivity contribution is 7.89. The van der Waals surface area contributed by atoms with Crippen molar-refractivity contribution in [2.24, 2.45) is 0 Å². The molecule has 0 amide bonds. The summed E-state index contributed by atoms with van der Waals surface area (Å²) in [6.07, 6.45) is 1.39. The molecule has 4 rings (SSSR count). The van der Waals surface area contributed by atoms with Crippen molar-refractivity contribution < 1.29 is 22.8 Å². The molecule has 0 radical (unpaired) electrons. The van der Waals surface area contributed by atoms with Gasteiger partial charge in [0.05, 0.1) is 15.9 Å². The van der Waals surface area contributed by atoms with E-state index in [0.29, 0.717) is 55.2 Å². The predicted molar refractivity (Wildman–Crippen MR) is 106 cm³/mol. The molecule has 0 unspecified atom stereocenters. The summed E-state index contributed by atoms with van der Waals surface area (Å²) in [7, 11) is -3.91. The summed E-state index contributed by atoms with van der Waals surface area (Å²) in [5.74, 6) is 1.26. The number of nitro benzene ring substituents is 1. The standard InChI is InChI=1S/C20H22N2O6S/c1-13-10-16(22(23)24)12-20(14(13)2)29(25,26)21-7-3-4-17(21)15-5-6-18-19(11-15)28-9-8-27-18/h5-6,10-12,17H,3-4,7-9H2,1-2H3/t17-/m0/s1. The molecule has 8 nitrogen and oxygen atoms in total. The molecule has 0 spiro atoms. The minimum atomic E-state index is -3.91. The van der Waals surface area contributed by atoms with Gasteiger partial charge >= 0.3 is 0 Å². The van der Waals surface area contributed by atoms with Crippen molar-refractivity contribution in [3.63, 3.8) is 0 Å². The SMILES string of the molecule is Cc1cc([N+](=O)[O-])cc(S(=O)(=O)N2CCC[C@H]2c2ccc3c(c2)OCCO3)c1C. The second kappa shape index (κ2) is 7.31. The van der Waals surface area contributed by atoms with Gasteiger partial charge in [0.2, 0.25) is 10.0 Å². The largest absolute Gasteiger partial charge is 0.486 e. The molecule has 0 aromatic heterocycles. The smallest absolute Gasteiger partial charge is 0.271 e. The molecule has 0 N–H and O–H groups in total. The van der Waals surface area contributed by atoms with Gasteiger partial charge in [-0.15, -0.1) is 0 Å². The van der Waals surface area contributed by atoms with Gasteiger partial charge in [0.15, 0.2) is 11.5 Å². The number of fused-ring (bicyclic) bond motifs is 1. The number of sulfonamides is 1. The second-order valence-electron chi connectivity index (χ2n) is 7.32. The maximum Gasteiger partial charge on any atom is 0.271 e. The molecular formula is C20H22N2O6S. The normalized spacial score (nSPS) is 19.3. The first kappa shape index (κ1) is 19.7.